The second kappa shape index (κ2) is 4.07. The third-order valence-corrected chi connectivity index (χ3v) is 1.61. The number of benzene rings is 1. The average Bonchev–Trinajstić information content (AvgIpc) is 2.07. The van der Waals surface area contributed by atoms with E-state index >= 15 is 0 Å². The largest absolute Gasteiger partial charge is 0.573 e. The van der Waals surface area contributed by atoms with Gasteiger partial charge in [-0.25, -0.2) is 8.78 Å². The summed E-state index contributed by atoms with van der Waals surface area (Å²) in [5, 5.41) is 0. The van der Waals surface area contributed by atoms with Crippen molar-refractivity contribution < 1.29 is 31.5 Å². The van der Waals surface area contributed by atoms with Gasteiger partial charge < -0.3 is 4.74 Å². The summed E-state index contributed by atoms with van der Waals surface area (Å²) in [7, 11) is 0. The van der Waals surface area contributed by atoms with Crippen LogP contribution in [-0.2, 0) is 0 Å². The molecule has 7 heteroatoms. The van der Waals surface area contributed by atoms with Crippen LogP contribution in [0, 0.1) is 11.6 Å². The van der Waals surface area contributed by atoms with E-state index in [1.54, 1.807) is 0 Å². The summed E-state index contributed by atoms with van der Waals surface area (Å²) in [6.07, 6.45) is -5.15. The van der Waals surface area contributed by atoms with Crippen molar-refractivity contribution in [3.05, 3.63) is 29.3 Å². The molecule has 0 saturated carbocycles. The molecule has 1 rings (SSSR count). The van der Waals surface area contributed by atoms with Gasteiger partial charge >= 0.3 is 6.36 Å². The van der Waals surface area contributed by atoms with Gasteiger partial charge in [0.05, 0.1) is 5.56 Å². The SMILES string of the molecule is CC(=O)c1cc(F)cc(OC(F)(F)F)c1F. The Balaban J connectivity index is 3.25. The van der Waals surface area contributed by atoms with Crippen molar-refractivity contribution in [2.75, 3.05) is 0 Å². The molecular weight excluding hydrogens is 235 g/mol. The van der Waals surface area contributed by atoms with Crippen LogP contribution in [0.4, 0.5) is 22.0 Å². The minimum absolute atomic E-state index is 0.218. The Bertz CT molecular complexity index is 425. The van der Waals surface area contributed by atoms with Crippen LogP contribution in [0.25, 0.3) is 0 Å². The lowest BCUT2D eigenvalue weighted by molar-refractivity contribution is -0.275. The van der Waals surface area contributed by atoms with Crippen LogP contribution in [0.5, 0.6) is 5.75 Å². The highest BCUT2D eigenvalue weighted by molar-refractivity contribution is 5.94. The number of ether oxygens (including phenoxy) is 1. The molecule has 0 saturated heterocycles. The molecule has 0 bridgehead atoms. The molecule has 0 fully saturated rings. The number of carbonyl (C=O) groups excluding carboxylic acids is 1. The van der Waals surface area contributed by atoms with Gasteiger partial charge in [-0.2, -0.15) is 0 Å². The maximum atomic E-state index is 13.2. The molecule has 0 amide bonds. The highest BCUT2D eigenvalue weighted by Crippen LogP contribution is 2.28. The first-order valence-electron chi connectivity index (χ1n) is 3.96. The Morgan fingerprint density at radius 2 is 1.81 bits per heavy atom. The van der Waals surface area contributed by atoms with Crippen LogP contribution >= 0.6 is 0 Å². The highest BCUT2D eigenvalue weighted by atomic mass is 19.4. The van der Waals surface area contributed by atoms with E-state index in [1.807, 2.05) is 0 Å². The molecule has 0 N–H and O–H groups in total. The maximum Gasteiger partial charge on any atom is 0.573 e. The molecule has 88 valence electrons. The Morgan fingerprint density at radius 1 is 1.25 bits per heavy atom. The first kappa shape index (κ1) is 12.4. The standard InChI is InChI=1S/C9H5F5O2/c1-4(15)6-2-5(10)3-7(8(6)11)16-9(12,13)14/h2-3H,1H3. The molecule has 0 atom stereocenters. The molecule has 0 aliphatic rings. The smallest absolute Gasteiger partial charge is 0.403 e. The molecule has 0 spiro atoms. The van der Waals surface area contributed by atoms with Crippen LogP contribution in [0.2, 0.25) is 0 Å². The van der Waals surface area contributed by atoms with Gasteiger partial charge in [0, 0.05) is 6.07 Å². The van der Waals surface area contributed by atoms with Crippen molar-refractivity contribution in [3.63, 3.8) is 0 Å². The van der Waals surface area contributed by atoms with Gasteiger partial charge in [-0.3, -0.25) is 4.79 Å². The van der Waals surface area contributed by atoms with Crippen LogP contribution in [0.3, 0.4) is 0 Å². The lowest BCUT2D eigenvalue weighted by atomic mass is 10.1. The Hall–Kier alpha value is -1.66. The fourth-order valence-electron chi connectivity index (χ4n) is 1.02. The molecular formula is C9H5F5O2. The molecule has 0 unspecified atom stereocenters. The van der Waals surface area contributed by atoms with Crippen LogP contribution in [0.15, 0.2) is 12.1 Å². The monoisotopic (exact) mass is 240 g/mol. The van der Waals surface area contributed by atoms with E-state index in [1.165, 1.54) is 0 Å². The minimum atomic E-state index is -5.15. The minimum Gasteiger partial charge on any atom is -0.403 e. The lowest BCUT2D eigenvalue weighted by Crippen LogP contribution is -2.19. The zero-order chi connectivity index (χ0) is 12.5. The molecule has 1 aromatic carbocycles. The van der Waals surface area contributed by atoms with Crippen LogP contribution < -0.4 is 4.74 Å². The molecule has 0 aliphatic carbocycles. The number of carbonyl (C=O) groups is 1. The molecule has 0 radical (unpaired) electrons. The van der Waals surface area contributed by atoms with Gasteiger partial charge in [0.1, 0.15) is 5.82 Å². The van der Waals surface area contributed by atoms with Crippen molar-refractivity contribution in [2.45, 2.75) is 13.3 Å². The molecule has 2 nitrogen and oxygen atoms in total. The normalized spacial score (nSPS) is 11.4. The maximum absolute atomic E-state index is 13.2. The fraction of sp³-hybridized carbons (Fsp3) is 0.222. The number of ketones is 1. The van der Waals surface area contributed by atoms with E-state index in [2.05, 4.69) is 4.74 Å². The van der Waals surface area contributed by atoms with Crippen LogP contribution in [0.1, 0.15) is 17.3 Å². The van der Waals surface area contributed by atoms with Gasteiger partial charge in [0.2, 0.25) is 0 Å². The Morgan fingerprint density at radius 3 is 2.25 bits per heavy atom. The quantitative estimate of drug-likeness (QED) is 0.586. The summed E-state index contributed by atoms with van der Waals surface area (Å²) < 4.78 is 64.6. The summed E-state index contributed by atoms with van der Waals surface area (Å²) >= 11 is 0. The van der Waals surface area contributed by atoms with Gasteiger partial charge in [-0.15, -0.1) is 13.2 Å². The van der Waals surface area contributed by atoms with E-state index in [0.717, 1.165) is 6.92 Å². The first-order chi connectivity index (χ1) is 7.20. The molecule has 0 heterocycles. The van der Waals surface area contributed by atoms with E-state index < -0.39 is 35.1 Å². The fourth-order valence-corrected chi connectivity index (χ4v) is 1.02. The van der Waals surface area contributed by atoms with E-state index in [-0.39, 0.29) is 6.07 Å². The van der Waals surface area contributed by atoms with Crippen LogP contribution in [-0.4, -0.2) is 12.1 Å². The van der Waals surface area contributed by atoms with Gasteiger partial charge in [0.15, 0.2) is 17.3 Å². The van der Waals surface area contributed by atoms with Crippen molar-refractivity contribution in [3.8, 4) is 5.75 Å². The van der Waals surface area contributed by atoms with E-state index in [9.17, 15) is 26.7 Å². The zero-order valence-corrected chi connectivity index (χ0v) is 7.86. The number of hydrogen-bond acceptors (Lipinski definition) is 2. The molecule has 16 heavy (non-hydrogen) atoms. The zero-order valence-electron chi connectivity index (χ0n) is 7.86. The summed E-state index contributed by atoms with van der Waals surface area (Å²) in [5.41, 5.74) is -0.792. The molecule has 1 aromatic rings. The van der Waals surface area contributed by atoms with Gasteiger partial charge in [-0.1, -0.05) is 0 Å². The second-order valence-corrected chi connectivity index (χ2v) is 2.87. The van der Waals surface area contributed by atoms with Crippen molar-refractivity contribution >= 4 is 5.78 Å². The summed E-state index contributed by atoms with van der Waals surface area (Å²) in [6.45, 7) is 0.898. The number of rotatable bonds is 2. The summed E-state index contributed by atoms with van der Waals surface area (Å²) in [6, 6.07) is 0.718. The third-order valence-electron chi connectivity index (χ3n) is 1.61. The summed E-state index contributed by atoms with van der Waals surface area (Å²) in [5.74, 6) is -4.99. The lowest BCUT2D eigenvalue weighted by Gasteiger charge is -2.11. The number of halogens is 5. The first-order valence-corrected chi connectivity index (χ1v) is 3.96. The Kier molecular flexibility index (Phi) is 3.16. The average molecular weight is 240 g/mol. The topological polar surface area (TPSA) is 26.3 Å². The number of hydrogen-bond donors (Lipinski definition) is 0. The number of Topliss-reactive ketones (excluding diaryl/α,β-unsaturated/α-hetero) is 1. The second-order valence-electron chi connectivity index (χ2n) is 2.87. The molecule has 0 aromatic heterocycles. The predicted molar refractivity (Wildman–Crippen MR) is 43.0 cm³/mol. The van der Waals surface area contributed by atoms with Crippen molar-refractivity contribution in [1.29, 1.82) is 0 Å². The van der Waals surface area contributed by atoms with Gasteiger partial charge in [-0.05, 0) is 13.0 Å². The van der Waals surface area contributed by atoms with E-state index in [0.29, 0.717) is 6.07 Å². The Labute approximate surface area is 86.6 Å². The summed E-state index contributed by atoms with van der Waals surface area (Å²) in [4.78, 5) is 10.8. The molecule has 0 aliphatic heterocycles. The number of alkyl halides is 3. The van der Waals surface area contributed by atoms with Gasteiger partial charge in [0.25, 0.3) is 0 Å². The highest BCUT2D eigenvalue weighted by Gasteiger charge is 2.33. The van der Waals surface area contributed by atoms with Crippen molar-refractivity contribution in [1.82, 2.24) is 0 Å². The van der Waals surface area contributed by atoms with Crippen molar-refractivity contribution in [2.24, 2.45) is 0 Å². The third kappa shape index (κ3) is 2.91. The predicted octanol–water partition coefficient (Wildman–Crippen LogP) is 3.07. The van der Waals surface area contributed by atoms with E-state index in [4.69, 9.17) is 0 Å².